The molecular formula is C16H14ClF3N4O. The van der Waals surface area contributed by atoms with Crippen molar-refractivity contribution >= 4 is 11.6 Å². The molecule has 0 fully saturated rings. The Bertz CT molecular complexity index is 901. The molecule has 0 bridgehead atoms. The summed E-state index contributed by atoms with van der Waals surface area (Å²) in [6.45, 7) is 4.14. The van der Waals surface area contributed by atoms with Crippen molar-refractivity contribution in [2.24, 2.45) is 0 Å². The zero-order valence-electron chi connectivity index (χ0n) is 13.4. The molecule has 25 heavy (non-hydrogen) atoms. The molecule has 0 aliphatic carbocycles. The molecule has 2 heterocycles. The first-order valence-electron chi connectivity index (χ1n) is 7.45. The minimum atomic E-state index is -4.42. The largest absolute Gasteiger partial charge is 0.421 e. The van der Waals surface area contributed by atoms with Crippen LogP contribution in [-0.2, 0) is 19.1 Å². The van der Waals surface area contributed by atoms with Crippen molar-refractivity contribution in [2.45, 2.75) is 33.0 Å². The van der Waals surface area contributed by atoms with Gasteiger partial charge >= 0.3 is 6.18 Å². The molecule has 0 aliphatic rings. The van der Waals surface area contributed by atoms with Crippen molar-refractivity contribution in [1.82, 2.24) is 20.0 Å². The molecule has 0 aliphatic heterocycles. The number of hydrogen-bond donors (Lipinski definition) is 0. The monoisotopic (exact) mass is 370 g/mol. The third kappa shape index (κ3) is 3.68. The van der Waals surface area contributed by atoms with Gasteiger partial charge in [-0.25, -0.2) is 0 Å². The number of halogens is 4. The molecule has 0 spiro atoms. The molecule has 0 radical (unpaired) electrons. The molecule has 132 valence electrons. The fraction of sp³-hybridized carbons (Fsp3) is 0.312. The average Bonchev–Trinajstić information content (AvgIpc) is 3.13. The highest BCUT2D eigenvalue weighted by molar-refractivity contribution is 6.31. The highest BCUT2D eigenvalue weighted by Crippen LogP contribution is 2.31. The predicted molar refractivity (Wildman–Crippen MR) is 85.2 cm³/mol. The number of benzene rings is 1. The van der Waals surface area contributed by atoms with Crippen LogP contribution in [0.15, 0.2) is 28.7 Å². The Morgan fingerprint density at radius 2 is 1.96 bits per heavy atom. The van der Waals surface area contributed by atoms with Crippen molar-refractivity contribution in [3.63, 3.8) is 0 Å². The first-order chi connectivity index (χ1) is 11.8. The normalized spacial score (nSPS) is 11.9. The summed E-state index contributed by atoms with van der Waals surface area (Å²) in [5, 5.41) is 12.6. The van der Waals surface area contributed by atoms with Crippen molar-refractivity contribution in [3.05, 3.63) is 52.1 Å². The maximum atomic E-state index is 12.8. The van der Waals surface area contributed by atoms with Crippen LogP contribution in [0.3, 0.4) is 0 Å². The van der Waals surface area contributed by atoms with E-state index < -0.39 is 11.7 Å². The molecule has 0 saturated heterocycles. The molecule has 0 unspecified atom stereocenters. The lowest BCUT2D eigenvalue weighted by molar-refractivity contribution is -0.137. The van der Waals surface area contributed by atoms with Gasteiger partial charge in [0.15, 0.2) is 0 Å². The number of hydrogen-bond acceptors (Lipinski definition) is 4. The Balaban J connectivity index is 1.75. The van der Waals surface area contributed by atoms with Crippen molar-refractivity contribution in [3.8, 4) is 11.5 Å². The highest BCUT2D eigenvalue weighted by Gasteiger charge is 2.30. The highest BCUT2D eigenvalue weighted by atomic mass is 35.5. The number of aryl methyl sites for hydroxylation is 3. The van der Waals surface area contributed by atoms with Crippen LogP contribution in [0.2, 0.25) is 5.02 Å². The molecule has 0 saturated carbocycles. The molecule has 3 rings (SSSR count). The Kier molecular flexibility index (Phi) is 4.55. The minimum Gasteiger partial charge on any atom is -0.421 e. The van der Waals surface area contributed by atoms with Crippen LogP contribution in [0.5, 0.6) is 0 Å². The first-order valence-corrected chi connectivity index (χ1v) is 7.83. The second-order valence-electron chi connectivity index (χ2n) is 5.54. The Hall–Kier alpha value is -2.35. The van der Waals surface area contributed by atoms with E-state index in [1.165, 1.54) is 12.1 Å². The summed E-state index contributed by atoms with van der Waals surface area (Å²) in [5.74, 6) is 0.364. The molecule has 2 aromatic heterocycles. The Labute approximate surface area is 146 Å². The van der Waals surface area contributed by atoms with E-state index in [0.717, 1.165) is 23.5 Å². The van der Waals surface area contributed by atoms with Gasteiger partial charge in [0, 0.05) is 18.5 Å². The van der Waals surface area contributed by atoms with Gasteiger partial charge in [-0.1, -0.05) is 17.7 Å². The topological polar surface area (TPSA) is 56.7 Å². The minimum absolute atomic E-state index is 0.0486. The number of alkyl halides is 3. The van der Waals surface area contributed by atoms with E-state index >= 15 is 0 Å². The molecule has 3 aromatic rings. The van der Waals surface area contributed by atoms with Crippen LogP contribution >= 0.6 is 11.6 Å². The summed E-state index contributed by atoms with van der Waals surface area (Å²) in [5.41, 5.74) is 1.02. The number of rotatable bonds is 4. The van der Waals surface area contributed by atoms with Crippen LogP contribution < -0.4 is 0 Å². The van der Waals surface area contributed by atoms with E-state index in [1.807, 2.05) is 13.8 Å². The van der Waals surface area contributed by atoms with Gasteiger partial charge < -0.3 is 4.42 Å². The number of nitrogens with zero attached hydrogens (tertiary/aromatic N) is 4. The van der Waals surface area contributed by atoms with Crippen LogP contribution in [0.25, 0.3) is 11.5 Å². The van der Waals surface area contributed by atoms with Gasteiger partial charge in [0.05, 0.1) is 22.0 Å². The first kappa shape index (κ1) is 17.5. The van der Waals surface area contributed by atoms with Gasteiger partial charge in [0.25, 0.3) is 0 Å². The van der Waals surface area contributed by atoms with E-state index in [2.05, 4.69) is 15.3 Å². The van der Waals surface area contributed by atoms with Gasteiger partial charge in [-0.3, -0.25) is 4.68 Å². The van der Waals surface area contributed by atoms with Crippen LogP contribution in [-0.4, -0.2) is 20.0 Å². The Morgan fingerprint density at radius 3 is 2.60 bits per heavy atom. The quantitative estimate of drug-likeness (QED) is 0.680. The standard InChI is InChI=1S/C16H14ClF3N4O/c1-9-14(17)10(2)24(23-9)7-6-13-21-22-15(25-13)11-4-3-5-12(8-11)16(18,19)20/h3-5,8H,6-7H2,1-2H3. The van der Waals surface area contributed by atoms with E-state index in [4.69, 9.17) is 16.0 Å². The second-order valence-corrected chi connectivity index (χ2v) is 5.92. The smallest absolute Gasteiger partial charge is 0.416 e. The van der Waals surface area contributed by atoms with Gasteiger partial charge in [-0.2, -0.15) is 18.3 Å². The van der Waals surface area contributed by atoms with Gasteiger partial charge in [-0.05, 0) is 32.0 Å². The SMILES string of the molecule is Cc1nn(CCc2nnc(-c3cccc(C(F)(F)F)c3)o2)c(C)c1Cl. The third-order valence-electron chi connectivity index (χ3n) is 3.73. The van der Waals surface area contributed by atoms with E-state index in [1.54, 1.807) is 4.68 Å². The third-order valence-corrected chi connectivity index (χ3v) is 4.28. The molecular weight excluding hydrogens is 357 g/mol. The molecule has 0 N–H and O–H groups in total. The summed E-state index contributed by atoms with van der Waals surface area (Å²) in [4.78, 5) is 0. The summed E-state index contributed by atoms with van der Waals surface area (Å²) in [6, 6.07) is 4.78. The van der Waals surface area contributed by atoms with Gasteiger partial charge in [-0.15, -0.1) is 10.2 Å². The predicted octanol–water partition coefficient (Wildman–Crippen LogP) is 4.46. The number of aromatic nitrogens is 4. The average molecular weight is 371 g/mol. The molecule has 0 atom stereocenters. The maximum absolute atomic E-state index is 12.8. The zero-order chi connectivity index (χ0) is 18.2. The van der Waals surface area contributed by atoms with Crippen molar-refractivity contribution in [2.75, 3.05) is 0 Å². The molecule has 1 aromatic carbocycles. The van der Waals surface area contributed by atoms with E-state index in [9.17, 15) is 13.2 Å². The summed E-state index contributed by atoms with van der Waals surface area (Å²) in [7, 11) is 0. The molecule has 9 heteroatoms. The van der Waals surface area contributed by atoms with Crippen LogP contribution in [0.1, 0.15) is 22.8 Å². The fourth-order valence-electron chi connectivity index (χ4n) is 2.39. The summed E-state index contributed by atoms with van der Waals surface area (Å²) < 4.78 is 45.5. The lowest BCUT2D eigenvalue weighted by Gasteiger charge is -2.06. The lowest BCUT2D eigenvalue weighted by atomic mass is 10.1. The summed E-state index contributed by atoms with van der Waals surface area (Å²) >= 11 is 6.09. The zero-order valence-corrected chi connectivity index (χ0v) is 14.2. The van der Waals surface area contributed by atoms with Gasteiger partial charge in [0.1, 0.15) is 0 Å². The van der Waals surface area contributed by atoms with Crippen LogP contribution in [0.4, 0.5) is 13.2 Å². The van der Waals surface area contributed by atoms with Crippen molar-refractivity contribution < 1.29 is 17.6 Å². The fourth-order valence-corrected chi connectivity index (χ4v) is 2.53. The molecule has 0 amide bonds. The van der Waals surface area contributed by atoms with Crippen molar-refractivity contribution in [1.29, 1.82) is 0 Å². The van der Waals surface area contributed by atoms with E-state index in [-0.39, 0.29) is 11.5 Å². The van der Waals surface area contributed by atoms with E-state index in [0.29, 0.717) is 23.9 Å². The lowest BCUT2D eigenvalue weighted by Crippen LogP contribution is -2.05. The summed E-state index contributed by atoms with van der Waals surface area (Å²) in [6.07, 6.45) is -4.03. The maximum Gasteiger partial charge on any atom is 0.416 e. The second kappa shape index (κ2) is 6.51. The van der Waals surface area contributed by atoms with Gasteiger partial charge in [0.2, 0.25) is 11.8 Å². The molecule has 5 nitrogen and oxygen atoms in total. The Morgan fingerprint density at radius 1 is 1.20 bits per heavy atom. The van der Waals surface area contributed by atoms with Crippen LogP contribution in [0, 0.1) is 13.8 Å².